The minimum atomic E-state index is -0.972. The van der Waals surface area contributed by atoms with E-state index < -0.39 is 5.60 Å². The van der Waals surface area contributed by atoms with E-state index in [0.29, 0.717) is 18.5 Å². The molecule has 0 aliphatic rings. The van der Waals surface area contributed by atoms with Gasteiger partial charge in [0.15, 0.2) is 0 Å². The van der Waals surface area contributed by atoms with Gasteiger partial charge < -0.3 is 5.11 Å². The van der Waals surface area contributed by atoms with E-state index in [2.05, 4.69) is 16.9 Å². The number of nitrogens with zero attached hydrogens (tertiary/aromatic N) is 2. The lowest BCUT2D eigenvalue weighted by atomic mass is 9.98. The van der Waals surface area contributed by atoms with Gasteiger partial charge in [-0.05, 0) is 38.7 Å². The van der Waals surface area contributed by atoms with Crippen molar-refractivity contribution in [2.75, 3.05) is 0 Å². The van der Waals surface area contributed by atoms with E-state index in [-0.39, 0.29) is 11.6 Å². The lowest BCUT2D eigenvalue weighted by Crippen LogP contribution is -2.25. The number of aromatic nitrogens is 2. The van der Waals surface area contributed by atoms with Crippen molar-refractivity contribution in [3.8, 4) is 11.8 Å². The minimum absolute atomic E-state index is 0.00418. The molecule has 0 saturated carbocycles. The maximum Gasteiger partial charge on any atom is 0.267 e. The molecule has 4 heteroatoms. The molecule has 0 amide bonds. The van der Waals surface area contributed by atoms with Crippen molar-refractivity contribution in [1.82, 2.24) is 9.78 Å². The van der Waals surface area contributed by atoms with Crippen molar-refractivity contribution >= 4 is 0 Å². The minimum Gasteiger partial charge on any atom is -0.378 e. The van der Waals surface area contributed by atoms with Gasteiger partial charge in [0, 0.05) is 6.07 Å². The van der Waals surface area contributed by atoms with Gasteiger partial charge in [-0.1, -0.05) is 19.8 Å². The second kappa shape index (κ2) is 5.83. The van der Waals surface area contributed by atoms with Gasteiger partial charge >= 0.3 is 0 Å². The molecule has 0 bridgehead atoms. The second-order valence-corrected chi connectivity index (χ2v) is 4.58. The van der Waals surface area contributed by atoms with Crippen LogP contribution in [-0.2, 0) is 0 Å². The maximum absolute atomic E-state index is 11.5. The number of aliphatic hydroxyl groups is 1. The molecule has 1 heterocycles. The number of rotatable bonds is 3. The van der Waals surface area contributed by atoms with E-state index in [0.717, 1.165) is 0 Å². The third-order valence-corrected chi connectivity index (χ3v) is 2.91. The summed E-state index contributed by atoms with van der Waals surface area (Å²) in [5.74, 6) is 5.66. The molecule has 98 valence electrons. The zero-order valence-electron chi connectivity index (χ0n) is 11.4. The van der Waals surface area contributed by atoms with Gasteiger partial charge in [-0.3, -0.25) is 4.79 Å². The van der Waals surface area contributed by atoms with Crippen molar-refractivity contribution in [2.24, 2.45) is 0 Å². The Morgan fingerprint density at radius 2 is 2.00 bits per heavy atom. The Balaban J connectivity index is 3.10. The lowest BCUT2D eigenvalue weighted by Gasteiger charge is -2.17. The SMILES string of the molecule is CCC(O)(C#Cc1ccc(=O)n(C(C)C)n1)CC. The molecule has 0 aliphatic heterocycles. The summed E-state index contributed by atoms with van der Waals surface area (Å²) in [7, 11) is 0. The molecule has 1 aromatic rings. The number of hydrogen-bond donors (Lipinski definition) is 1. The van der Waals surface area contributed by atoms with Crippen LogP contribution in [0.1, 0.15) is 52.3 Å². The largest absolute Gasteiger partial charge is 0.378 e. The van der Waals surface area contributed by atoms with Crippen LogP contribution in [0.15, 0.2) is 16.9 Å². The topological polar surface area (TPSA) is 55.1 Å². The van der Waals surface area contributed by atoms with E-state index in [9.17, 15) is 9.90 Å². The predicted octanol–water partition coefficient (Wildman–Crippen LogP) is 1.73. The monoisotopic (exact) mass is 248 g/mol. The molecule has 0 spiro atoms. The normalized spacial score (nSPS) is 11.2. The van der Waals surface area contributed by atoms with Crippen LogP contribution in [0.3, 0.4) is 0 Å². The van der Waals surface area contributed by atoms with Crippen LogP contribution >= 0.6 is 0 Å². The molecule has 0 atom stereocenters. The molecule has 1 aromatic heterocycles. The lowest BCUT2D eigenvalue weighted by molar-refractivity contribution is 0.0931. The quantitative estimate of drug-likeness (QED) is 0.829. The van der Waals surface area contributed by atoms with Gasteiger partial charge in [-0.25, -0.2) is 4.68 Å². The van der Waals surface area contributed by atoms with Crippen molar-refractivity contribution in [2.45, 2.75) is 52.2 Å². The zero-order valence-corrected chi connectivity index (χ0v) is 11.4. The van der Waals surface area contributed by atoms with E-state index in [1.807, 2.05) is 27.7 Å². The average molecular weight is 248 g/mol. The molecule has 0 unspecified atom stereocenters. The highest BCUT2D eigenvalue weighted by atomic mass is 16.3. The van der Waals surface area contributed by atoms with Crippen LogP contribution in [0.2, 0.25) is 0 Å². The molecule has 0 saturated heterocycles. The van der Waals surface area contributed by atoms with E-state index in [1.165, 1.54) is 10.7 Å². The second-order valence-electron chi connectivity index (χ2n) is 4.58. The molecule has 4 nitrogen and oxygen atoms in total. The fraction of sp³-hybridized carbons (Fsp3) is 0.571. The summed E-state index contributed by atoms with van der Waals surface area (Å²) in [6.07, 6.45) is 1.14. The predicted molar refractivity (Wildman–Crippen MR) is 71.3 cm³/mol. The molecular formula is C14H20N2O2. The van der Waals surface area contributed by atoms with Gasteiger partial charge in [0.1, 0.15) is 11.3 Å². The number of hydrogen-bond acceptors (Lipinski definition) is 3. The van der Waals surface area contributed by atoms with Crippen molar-refractivity contribution in [3.63, 3.8) is 0 Å². The summed E-state index contributed by atoms with van der Waals surface area (Å²) >= 11 is 0. The van der Waals surface area contributed by atoms with E-state index >= 15 is 0 Å². The van der Waals surface area contributed by atoms with Crippen LogP contribution in [0.5, 0.6) is 0 Å². The smallest absolute Gasteiger partial charge is 0.267 e. The zero-order chi connectivity index (χ0) is 13.8. The molecule has 0 radical (unpaired) electrons. The van der Waals surface area contributed by atoms with Crippen LogP contribution in [-0.4, -0.2) is 20.5 Å². The summed E-state index contributed by atoms with van der Waals surface area (Å²) in [6.45, 7) is 7.56. The highest BCUT2D eigenvalue weighted by Gasteiger charge is 2.18. The third kappa shape index (κ3) is 3.44. The summed E-state index contributed by atoms with van der Waals surface area (Å²) in [6, 6.07) is 3.03. The molecule has 1 rings (SSSR count). The van der Waals surface area contributed by atoms with Crippen LogP contribution in [0.4, 0.5) is 0 Å². The summed E-state index contributed by atoms with van der Waals surface area (Å²) in [5, 5.41) is 14.2. The van der Waals surface area contributed by atoms with Gasteiger partial charge in [0.2, 0.25) is 0 Å². The van der Waals surface area contributed by atoms with Crippen molar-refractivity contribution < 1.29 is 5.11 Å². The van der Waals surface area contributed by atoms with Crippen molar-refractivity contribution in [1.29, 1.82) is 0 Å². The average Bonchev–Trinajstić information content (AvgIpc) is 2.37. The van der Waals surface area contributed by atoms with Gasteiger partial charge in [0.05, 0.1) is 6.04 Å². The Kier molecular flexibility index (Phi) is 4.69. The fourth-order valence-electron chi connectivity index (χ4n) is 1.47. The molecule has 18 heavy (non-hydrogen) atoms. The third-order valence-electron chi connectivity index (χ3n) is 2.91. The Bertz CT molecular complexity index is 517. The van der Waals surface area contributed by atoms with Crippen LogP contribution in [0.25, 0.3) is 0 Å². The van der Waals surface area contributed by atoms with Crippen LogP contribution < -0.4 is 5.56 Å². The van der Waals surface area contributed by atoms with Gasteiger partial charge in [0.25, 0.3) is 5.56 Å². The van der Waals surface area contributed by atoms with Gasteiger partial charge in [-0.2, -0.15) is 5.10 Å². The summed E-state index contributed by atoms with van der Waals surface area (Å²) in [5.41, 5.74) is -0.610. The molecule has 1 N–H and O–H groups in total. The Morgan fingerprint density at radius 3 is 2.50 bits per heavy atom. The Hall–Kier alpha value is -1.60. The fourth-order valence-corrected chi connectivity index (χ4v) is 1.47. The van der Waals surface area contributed by atoms with Gasteiger partial charge in [-0.15, -0.1) is 0 Å². The Morgan fingerprint density at radius 1 is 1.39 bits per heavy atom. The van der Waals surface area contributed by atoms with E-state index in [4.69, 9.17) is 0 Å². The summed E-state index contributed by atoms with van der Waals surface area (Å²) in [4.78, 5) is 11.5. The summed E-state index contributed by atoms with van der Waals surface area (Å²) < 4.78 is 1.39. The molecule has 0 aliphatic carbocycles. The first-order valence-corrected chi connectivity index (χ1v) is 6.27. The maximum atomic E-state index is 11.5. The standard InChI is InChI=1S/C14H20N2O2/c1-5-14(18,6-2)10-9-12-7-8-13(17)16(15-12)11(3)4/h7-8,11,18H,5-6H2,1-4H3. The first-order valence-electron chi connectivity index (χ1n) is 6.27. The Labute approximate surface area is 108 Å². The molecule has 0 aromatic carbocycles. The molecular weight excluding hydrogens is 228 g/mol. The molecule has 0 fully saturated rings. The van der Waals surface area contributed by atoms with E-state index in [1.54, 1.807) is 6.07 Å². The van der Waals surface area contributed by atoms with Crippen LogP contribution in [0, 0.1) is 11.8 Å². The first-order chi connectivity index (χ1) is 8.41. The first kappa shape index (κ1) is 14.5. The highest BCUT2D eigenvalue weighted by Crippen LogP contribution is 2.12. The van der Waals surface area contributed by atoms with Crippen molar-refractivity contribution in [3.05, 3.63) is 28.2 Å². The highest BCUT2D eigenvalue weighted by molar-refractivity contribution is 5.29.